The van der Waals surface area contributed by atoms with Crippen molar-refractivity contribution in [2.24, 2.45) is 5.92 Å². The van der Waals surface area contributed by atoms with Crippen molar-refractivity contribution in [3.63, 3.8) is 0 Å². The van der Waals surface area contributed by atoms with Gasteiger partial charge in [0.2, 0.25) is 15.9 Å². The Morgan fingerprint density at radius 2 is 1.61 bits per heavy atom. The van der Waals surface area contributed by atoms with Gasteiger partial charge in [-0.25, -0.2) is 13.4 Å². The first-order valence-electron chi connectivity index (χ1n) is 11.6. The summed E-state index contributed by atoms with van der Waals surface area (Å²) in [6, 6.07) is 25.5. The van der Waals surface area contributed by atoms with Crippen molar-refractivity contribution in [1.82, 2.24) is 9.29 Å². The highest BCUT2D eigenvalue weighted by Gasteiger charge is 2.33. The summed E-state index contributed by atoms with van der Waals surface area (Å²) >= 11 is 1.34. The van der Waals surface area contributed by atoms with Gasteiger partial charge in [0.25, 0.3) is 0 Å². The highest BCUT2D eigenvalue weighted by Crippen LogP contribution is 2.29. The summed E-state index contributed by atoms with van der Waals surface area (Å²) in [6.45, 7) is 0.566. The molecule has 184 valence electrons. The third kappa shape index (κ3) is 5.48. The van der Waals surface area contributed by atoms with Crippen LogP contribution in [0.3, 0.4) is 0 Å². The maximum atomic E-state index is 13.0. The third-order valence-electron chi connectivity index (χ3n) is 6.00. The predicted octanol–water partition coefficient (Wildman–Crippen LogP) is 5.64. The summed E-state index contributed by atoms with van der Waals surface area (Å²) < 4.78 is 33.2. The van der Waals surface area contributed by atoms with E-state index in [1.54, 1.807) is 30.3 Å². The van der Waals surface area contributed by atoms with Gasteiger partial charge in [-0.05, 0) is 61.4 Å². The lowest BCUT2D eigenvalue weighted by atomic mass is 9.99. The van der Waals surface area contributed by atoms with Crippen molar-refractivity contribution in [2.75, 3.05) is 18.4 Å². The van der Waals surface area contributed by atoms with Crippen LogP contribution in [0, 0.1) is 5.92 Å². The number of sulfonamides is 1. The van der Waals surface area contributed by atoms with Crippen molar-refractivity contribution in [3.05, 3.63) is 90.3 Å². The van der Waals surface area contributed by atoms with Crippen LogP contribution < -0.4 is 10.1 Å². The van der Waals surface area contributed by atoms with Crippen molar-refractivity contribution >= 4 is 32.4 Å². The summed E-state index contributed by atoms with van der Waals surface area (Å²) in [5.41, 5.74) is 1.66. The van der Waals surface area contributed by atoms with Crippen molar-refractivity contribution in [1.29, 1.82) is 0 Å². The number of amides is 1. The van der Waals surface area contributed by atoms with E-state index in [1.165, 1.54) is 15.6 Å². The second-order valence-corrected chi connectivity index (χ2v) is 11.3. The molecule has 1 atom stereocenters. The average Bonchev–Trinajstić information content (AvgIpc) is 3.39. The average molecular weight is 520 g/mol. The van der Waals surface area contributed by atoms with Gasteiger partial charge in [0.1, 0.15) is 11.5 Å². The zero-order chi connectivity index (χ0) is 25.0. The molecule has 0 radical (unpaired) electrons. The first kappa shape index (κ1) is 24.2. The Bertz CT molecular complexity index is 1420. The third-order valence-corrected chi connectivity index (χ3v) is 8.64. The number of aromatic nitrogens is 1. The van der Waals surface area contributed by atoms with Gasteiger partial charge in [-0.1, -0.05) is 36.4 Å². The number of ether oxygens (including phenoxy) is 1. The molecule has 0 spiro atoms. The Kier molecular flexibility index (Phi) is 7.13. The van der Waals surface area contributed by atoms with Gasteiger partial charge in [-0.15, -0.1) is 11.3 Å². The van der Waals surface area contributed by atoms with Crippen LogP contribution in [0.4, 0.5) is 5.13 Å². The molecule has 5 rings (SSSR count). The minimum absolute atomic E-state index is 0.157. The van der Waals surface area contributed by atoms with Crippen LogP contribution in [0.1, 0.15) is 12.8 Å². The number of nitrogens with one attached hydrogen (secondary N) is 1. The van der Waals surface area contributed by atoms with Crippen LogP contribution in [0.25, 0.3) is 11.3 Å². The zero-order valence-corrected chi connectivity index (χ0v) is 21.0. The fourth-order valence-electron chi connectivity index (χ4n) is 4.11. The Morgan fingerprint density at radius 1 is 0.944 bits per heavy atom. The second-order valence-electron chi connectivity index (χ2n) is 8.48. The van der Waals surface area contributed by atoms with Gasteiger partial charge in [0.15, 0.2) is 5.13 Å². The van der Waals surface area contributed by atoms with Gasteiger partial charge >= 0.3 is 0 Å². The molecule has 7 nitrogen and oxygen atoms in total. The molecule has 1 N–H and O–H groups in total. The van der Waals surface area contributed by atoms with E-state index in [0.717, 1.165) is 22.8 Å². The predicted molar refractivity (Wildman–Crippen MR) is 141 cm³/mol. The molecule has 1 aromatic heterocycles. The maximum Gasteiger partial charge on any atom is 0.243 e. The number of thiazole rings is 1. The monoisotopic (exact) mass is 519 g/mol. The summed E-state index contributed by atoms with van der Waals surface area (Å²) in [5, 5.41) is 5.25. The molecule has 4 aromatic rings. The molecule has 1 fully saturated rings. The first-order valence-corrected chi connectivity index (χ1v) is 14.0. The summed E-state index contributed by atoms with van der Waals surface area (Å²) in [7, 11) is -3.63. The van der Waals surface area contributed by atoms with E-state index in [1.807, 2.05) is 60.0 Å². The van der Waals surface area contributed by atoms with E-state index < -0.39 is 15.9 Å². The lowest BCUT2D eigenvalue weighted by Crippen LogP contribution is -2.43. The normalized spacial score (nSPS) is 16.4. The Hall–Kier alpha value is -3.53. The van der Waals surface area contributed by atoms with Crippen molar-refractivity contribution in [3.8, 4) is 22.8 Å². The van der Waals surface area contributed by atoms with E-state index in [2.05, 4.69) is 10.3 Å². The minimum atomic E-state index is -3.63. The van der Waals surface area contributed by atoms with Crippen LogP contribution in [-0.2, 0) is 14.8 Å². The Morgan fingerprint density at radius 3 is 2.33 bits per heavy atom. The molecule has 1 amide bonds. The molecule has 0 bridgehead atoms. The highest BCUT2D eigenvalue weighted by molar-refractivity contribution is 7.89. The van der Waals surface area contributed by atoms with Gasteiger partial charge in [-0.3, -0.25) is 4.79 Å². The van der Waals surface area contributed by atoms with Crippen molar-refractivity contribution < 1.29 is 17.9 Å². The molecule has 1 saturated heterocycles. The van der Waals surface area contributed by atoms with Crippen LogP contribution in [0.5, 0.6) is 11.5 Å². The summed E-state index contributed by atoms with van der Waals surface area (Å²) in [5.74, 6) is 0.845. The SMILES string of the molecule is O=C(Nc1nc(-c2ccc(Oc3ccccc3)cc2)cs1)C1CCCN(S(=O)(=O)c2ccccc2)C1. The number of carbonyl (C=O) groups is 1. The van der Waals surface area contributed by atoms with E-state index in [9.17, 15) is 13.2 Å². The van der Waals surface area contributed by atoms with E-state index >= 15 is 0 Å². The highest BCUT2D eigenvalue weighted by atomic mass is 32.2. The van der Waals surface area contributed by atoms with Crippen LogP contribution >= 0.6 is 11.3 Å². The fourth-order valence-corrected chi connectivity index (χ4v) is 6.37. The number of anilines is 1. The summed E-state index contributed by atoms with van der Waals surface area (Å²) in [4.78, 5) is 17.8. The van der Waals surface area contributed by atoms with Crippen LogP contribution in [0.2, 0.25) is 0 Å². The number of rotatable bonds is 7. The topological polar surface area (TPSA) is 88.6 Å². The molecule has 2 heterocycles. The smallest absolute Gasteiger partial charge is 0.243 e. The number of hydrogen-bond acceptors (Lipinski definition) is 6. The van der Waals surface area contributed by atoms with Gasteiger partial charge in [0, 0.05) is 24.0 Å². The number of hydrogen-bond donors (Lipinski definition) is 1. The second kappa shape index (κ2) is 10.6. The molecule has 1 aliphatic heterocycles. The molecule has 1 unspecified atom stereocenters. The van der Waals surface area contributed by atoms with E-state index in [4.69, 9.17) is 4.74 Å². The van der Waals surface area contributed by atoms with Gasteiger partial charge < -0.3 is 10.1 Å². The van der Waals surface area contributed by atoms with E-state index in [-0.39, 0.29) is 17.3 Å². The molecule has 3 aromatic carbocycles. The van der Waals surface area contributed by atoms with Gasteiger partial charge in [0.05, 0.1) is 16.5 Å². The number of benzene rings is 3. The molecule has 0 saturated carbocycles. The van der Waals surface area contributed by atoms with Gasteiger partial charge in [-0.2, -0.15) is 4.31 Å². The Labute approximate surface area is 214 Å². The number of carbonyl (C=O) groups excluding carboxylic acids is 1. The molecular weight excluding hydrogens is 494 g/mol. The molecule has 0 aliphatic carbocycles. The first-order chi connectivity index (χ1) is 17.5. The Balaban J connectivity index is 1.21. The lowest BCUT2D eigenvalue weighted by Gasteiger charge is -2.31. The molecule has 9 heteroatoms. The number of nitrogens with zero attached hydrogens (tertiary/aromatic N) is 2. The van der Waals surface area contributed by atoms with Crippen LogP contribution in [0.15, 0.2) is 95.2 Å². The fraction of sp³-hybridized carbons (Fsp3) is 0.185. The quantitative estimate of drug-likeness (QED) is 0.341. The maximum absolute atomic E-state index is 13.0. The largest absolute Gasteiger partial charge is 0.457 e. The molecule has 36 heavy (non-hydrogen) atoms. The van der Waals surface area contributed by atoms with Crippen molar-refractivity contribution in [2.45, 2.75) is 17.7 Å². The molecule has 1 aliphatic rings. The van der Waals surface area contributed by atoms with E-state index in [0.29, 0.717) is 24.5 Å². The number of piperidine rings is 1. The lowest BCUT2D eigenvalue weighted by molar-refractivity contribution is -0.120. The number of para-hydroxylation sites is 1. The summed E-state index contributed by atoms with van der Waals surface area (Å²) in [6.07, 6.45) is 1.26. The minimum Gasteiger partial charge on any atom is -0.457 e. The molecular formula is C27H25N3O4S2. The zero-order valence-electron chi connectivity index (χ0n) is 19.4. The van der Waals surface area contributed by atoms with Crippen LogP contribution in [-0.4, -0.2) is 36.7 Å². The standard InChI is InChI=1S/C27H25N3O4S2/c31-26(21-8-7-17-30(18-21)36(32,33)24-11-5-2-6-12-24)29-27-28-25(19-35-27)20-13-15-23(16-14-20)34-22-9-3-1-4-10-22/h1-6,9-16,19,21H,7-8,17-18H2,(H,28,29,31).